The average molecular weight is 255 g/mol. The Labute approximate surface area is 109 Å². The Morgan fingerprint density at radius 1 is 1.21 bits per heavy atom. The zero-order valence-electron chi connectivity index (χ0n) is 10.0. The quantitative estimate of drug-likeness (QED) is 0.779. The fourth-order valence-electron chi connectivity index (χ4n) is 1.37. The van der Waals surface area contributed by atoms with Crippen LogP contribution in [0.15, 0.2) is 36.7 Å². The summed E-state index contributed by atoms with van der Waals surface area (Å²) in [4.78, 5) is 19.0. The summed E-state index contributed by atoms with van der Waals surface area (Å²) < 4.78 is 10.0. The first-order chi connectivity index (χ1) is 9.24. The molecule has 1 aromatic carbocycles. The molecule has 0 saturated heterocycles. The second kappa shape index (κ2) is 5.60. The van der Waals surface area contributed by atoms with Crippen LogP contribution < -0.4 is 4.74 Å². The van der Waals surface area contributed by atoms with Gasteiger partial charge in [-0.05, 0) is 24.3 Å². The number of esters is 1. The van der Waals surface area contributed by atoms with E-state index in [-0.39, 0.29) is 11.6 Å². The van der Waals surface area contributed by atoms with Crippen LogP contribution in [0, 0.1) is 11.3 Å². The van der Waals surface area contributed by atoms with Gasteiger partial charge >= 0.3 is 5.97 Å². The van der Waals surface area contributed by atoms with Crippen LogP contribution in [-0.4, -0.2) is 23.0 Å². The summed E-state index contributed by atoms with van der Waals surface area (Å²) in [7, 11) is 1.31. The maximum absolute atomic E-state index is 11.3. The van der Waals surface area contributed by atoms with E-state index in [2.05, 4.69) is 14.7 Å². The van der Waals surface area contributed by atoms with Gasteiger partial charge in [0.25, 0.3) is 5.88 Å². The van der Waals surface area contributed by atoms with Gasteiger partial charge in [-0.1, -0.05) is 0 Å². The van der Waals surface area contributed by atoms with Crippen molar-refractivity contribution in [2.24, 2.45) is 0 Å². The van der Waals surface area contributed by atoms with Crippen molar-refractivity contribution in [1.29, 1.82) is 5.26 Å². The van der Waals surface area contributed by atoms with Crippen molar-refractivity contribution >= 4 is 5.97 Å². The van der Waals surface area contributed by atoms with Gasteiger partial charge in [0, 0.05) is 12.4 Å². The van der Waals surface area contributed by atoms with Gasteiger partial charge in [-0.15, -0.1) is 0 Å². The third kappa shape index (κ3) is 2.84. The van der Waals surface area contributed by atoms with Gasteiger partial charge < -0.3 is 9.47 Å². The van der Waals surface area contributed by atoms with Crippen molar-refractivity contribution in [1.82, 2.24) is 9.97 Å². The molecule has 94 valence electrons. The Hall–Kier alpha value is -2.94. The fourth-order valence-corrected chi connectivity index (χ4v) is 1.37. The second-order valence-electron chi connectivity index (χ2n) is 3.44. The molecule has 19 heavy (non-hydrogen) atoms. The van der Waals surface area contributed by atoms with Gasteiger partial charge in [-0.25, -0.2) is 14.8 Å². The molecule has 6 nitrogen and oxygen atoms in total. The number of carbonyl (C=O) groups is 1. The molecule has 2 aromatic rings. The predicted molar refractivity (Wildman–Crippen MR) is 64.6 cm³/mol. The van der Waals surface area contributed by atoms with E-state index in [9.17, 15) is 4.79 Å². The molecule has 0 atom stereocenters. The molecular formula is C13H9N3O3. The monoisotopic (exact) mass is 255 g/mol. The van der Waals surface area contributed by atoms with E-state index in [0.29, 0.717) is 11.3 Å². The SMILES string of the molecule is COC(=O)c1ccc(Oc2nccnc2C#N)cc1. The topological polar surface area (TPSA) is 85.1 Å². The van der Waals surface area contributed by atoms with Gasteiger partial charge in [-0.2, -0.15) is 5.26 Å². The smallest absolute Gasteiger partial charge is 0.337 e. The molecule has 0 radical (unpaired) electrons. The minimum absolute atomic E-state index is 0.0968. The van der Waals surface area contributed by atoms with E-state index in [4.69, 9.17) is 10.00 Å². The molecule has 0 fully saturated rings. The first kappa shape index (κ1) is 12.5. The van der Waals surface area contributed by atoms with Gasteiger partial charge in [0.1, 0.15) is 11.8 Å². The van der Waals surface area contributed by atoms with Crippen LogP contribution in [0.25, 0.3) is 0 Å². The lowest BCUT2D eigenvalue weighted by molar-refractivity contribution is 0.0600. The Morgan fingerprint density at radius 2 is 1.89 bits per heavy atom. The van der Waals surface area contributed by atoms with Crippen LogP contribution in [0.2, 0.25) is 0 Å². The van der Waals surface area contributed by atoms with Crippen molar-refractivity contribution in [2.75, 3.05) is 7.11 Å². The third-order valence-electron chi connectivity index (χ3n) is 2.26. The Balaban J connectivity index is 2.20. The summed E-state index contributed by atoms with van der Waals surface area (Å²) in [6.45, 7) is 0. The van der Waals surface area contributed by atoms with E-state index < -0.39 is 5.97 Å². The van der Waals surface area contributed by atoms with Crippen LogP contribution in [0.1, 0.15) is 16.1 Å². The summed E-state index contributed by atoms with van der Waals surface area (Å²) in [5.74, 6) is 0.143. The van der Waals surface area contributed by atoms with Gasteiger partial charge in [0.05, 0.1) is 12.7 Å². The lowest BCUT2D eigenvalue weighted by Crippen LogP contribution is -2.00. The van der Waals surface area contributed by atoms with Crippen LogP contribution in [-0.2, 0) is 4.74 Å². The van der Waals surface area contributed by atoms with Gasteiger partial charge in [-0.3, -0.25) is 0 Å². The van der Waals surface area contributed by atoms with E-state index >= 15 is 0 Å². The second-order valence-corrected chi connectivity index (χ2v) is 3.44. The van der Waals surface area contributed by atoms with Crippen molar-refractivity contribution in [3.63, 3.8) is 0 Å². The number of nitrogens with zero attached hydrogens (tertiary/aromatic N) is 3. The van der Waals surface area contributed by atoms with Crippen LogP contribution >= 0.6 is 0 Å². The lowest BCUT2D eigenvalue weighted by atomic mass is 10.2. The summed E-state index contributed by atoms with van der Waals surface area (Å²) >= 11 is 0. The number of hydrogen-bond donors (Lipinski definition) is 0. The van der Waals surface area contributed by atoms with Crippen molar-refractivity contribution in [2.45, 2.75) is 0 Å². The summed E-state index contributed by atoms with van der Waals surface area (Å²) in [5, 5.41) is 8.85. The normalized spacial score (nSPS) is 9.47. The highest BCUT2D eigenvalue weighted by molar-refractivity contribution is 5.89. The van der Waals surface area contributed by atoms with E-state index in [1.165, 1.54) is 19.5 Å². The predicted octanol–water partition coefficient (Wildman–Crippen LogP) is 1.93. The van der Waals surface area contributed by atoms with E-state index in [0.717, 1.165) is 0 Å². The molecule has 0 unspecified atom stereocenters. The van der Waals surface area contributed by atoms with Crippen molar-refractivity contribution in [3.05, 3.63) is 47.9 Å². The van der Waals surface area contributed by atoms with Crippen LogP contribution in [0.4, 0.5) is 0 Å². The molecule has 0 spiro atoms. The molecule has 0 saturated carbocycles. The first-order valence-corrected chi connectivity index (χ1v) is 5.32. The molecule has 0 aliphatic heterocycles. The molecule has 0 N–H and O–H groups in total. The van der Waals surface area contributed by atoms with Crippen LogP contribution in [0.5, 0.6) is 11.6 Å². The Morgan fingerprint density at radius 3 is 2.53 bits per heavy atom. The molecule has 0 bridgehead atoms. The zero-order chi connectivity index (χ0) is 13.7. The third-order valence-corrected chi connectivity index (χ3v) is 2.26. The first-order valence-electron chi connectivity index (χ1n) is 5.32. The number of ether oxygens (including phenoxy) is 2. The summed E-state index contributed by atoms with van der Waals surface area (Å²) in [6.07, 6.45) is 2.84. The number of carbonyl (C=O) groups excluding carboxylic acids is 1. The van der Waals surface area contributed by atoms with E-state index in [1.54, 1.807) is 24.3 Å². The standard InChI is InChI=1S/C13H9N3O3/c1-18-13(17)9-2-4-10(5-3-9)19-12-11(8-14)15-6-7-16-12/h2-7H,1H3. The molecule has 1 heterocycles. The molecular weight excluding hydrogens is 246 g/mol. The highest BCUT2D eigenvalue weighted by atomic mass is 16.5. The van der Waals surface area contributed by atoms with Crippen LogP contribution in [0.3, 0.4) is 0 Å². The number of aromatic nitrogens is 2. The summed E-state index contributed by atoms with van der Waals surface area (Å²) in [6, 6.07) is 8.17. The minimum atomic E-state index is -0.427. The molecule has 0 aliphatic rings. The average Bonchev–Trinajstić information content (AvgIpc) is 2.48. The number of methoxy groups -OCH3 is 1. The molecule has 6 heteroatoms. The summed E-state index contributed by atoms with van der Waals surface area (Å²) in [5.41, 5.74) is 0.508. The number of hydrogen-bond acceptors (Lipinski definition) is 6. The maximum atomic E-state index is 11.3. The fraction of sp³-hybridized carbons (Fsp3) is 0.0769. The molecule has 0 aliphatic carbocycles. The molecule has 2 rings (SSSR count). The Kier molecular flexibility index (Phi) is 3.69. The van der Waals surface area contributed by atoms with Crippen molar-refractivity contribution < 1.29 is 14.3 Å². The highest BCUT2D eigenvalue weighted by Gasteiger charge is 2.08. The Bertz CT molecular complexity index is 632. The minimum Gasteiger partial charge on any atom is -0.465 e. The molecule has 1 aromatic heterocycles. The number of nitriles is 1. The molecule has 0 amide bonds. The number of benzene rings is 1. The largest absolute Gasteiger partial charge is 0.465 e. The van der Waals surface area contributed by atoms with Gasteiger partial charge in [0.2, 0.25) is 5.69 Å². The maximum Gasteiger partial charge on any atom is 0.337 e. The zero-order valence-corrected chi connectivity index (χ0v) is 10.0. The number of rotatable bonds is 3. The van der Waals surface area contributed by atoms with Gasteiger partial charge in [0.15, 0.2) is 0 Å². The lowest BCUT2D eigenvalue weighted by Gasteiger charge is -2.05. The van der Waals surface area contributed by atoms with E-state index in [1.807, 2.05) is 6.07 Å². The highest BCUT2D eigenvalue weighted by Crippen LogP contribution is 2.21. The van der Waals surface area contributed by atoms with Crippen molar-refractivity contribution in [3.8, 4) is 17.7 Å².